The van der Waals surface area contributed by atoms with Crippen LogP contribution < -0.4 is 14.8 Å². The molecule has 3 aromatic rings. The van der Waals surface area contributed by atoms with E-state index in [0.717, 1.165) is 22.6 Å². The molecule has 0 spiro atoms. The smallest absolute Gasteiger partial charge is 0.244 e. The fourth-order valence-electron chi connectivity index (χ4n) is 2.75. The van der Waals surface area contributed by atoms with Crippen molar-refractivity contribution in [3.05, 3.63) is 60.3 Å². The number of hydrogen-bond donors (Lipinski definition) is 2. The summed E-state index contributed by atoms with van der Waals surface area (Å²) in [4.78, 5) is 16.4. The Morgan fingerprint density at radius 3 is 3.04 bits per heavy atom. The van der Waals surface area contributed by atoms with Gasteiger partial charge in [-0.1, -0.05) is 24.3 Å². The standard InChI is InChI=1S/C20H18N2O3S/c23-20(8-6-14-5-7-17-18(11-14)25-13-24-17)21-9-10-26-19-12-22-16-4-2-1-3-15(16)19/h1-8,11-12,22H,9-10,13H2,(H,21,23)/b8-6+. The number of ether oxygens (including phenoxy) is 2. The van der Waals surface area contributed by atoms with Gasteiger partial charge in [0.05, 0.1) is 0 Å². The number of amides is 1. The fraction of sp³-hybridized carbons (Fsp3) is 0.150. The van der Waals surface area contributed by atoms with Crippen molar-refractivity contribution in [3.63, 3.8) is 0 Å². The van der Waals surface area contributed by atoms with Crippen molar-refractivity contribution >= 4 is 34.6 Å². The fourth-order valence-corrected chi connectivity index (χ4v) is 3.65. The number of H-pyrrole nitrogens is 1. The lowest BCUT2D eigenvalue weighted by atomic mass is 10.2. The second kappa shape index (κ2) is 7.58. The van der Waals surface area contributed by atoms with E-state index in [0.29, 0.717) is 12.3 Å². The highest BCUT2D eigenvalue weighted by molar-refractivity contribution is 7.99. The van der Waals surface area contributed by atoms with Crippen molar-refractivity contribution in [2.75, 3.05) is 19.1 Å². The van der Waals surface area contributed by atoms with Crippen LogP contribution >= 0.6 is 11.8 Å². The molecule has 0 saturated carbocycles. The van der Waals surface area contributed by atoms with Crippen LogP contribution in [-0.4, -0.2) is 30.0 Å². The van der Waals surface area contributed by atoms with Crippen molar-refractivity contribution in [3.8, 4) is 11.5 Å². The molecule has 0 bridgehead atoms. The molecule has 1 aliphatic rings. The number of fused-ring (bicyclic) bond motifs is 2. The van der Waals surface area contributed by atoms with Crippen LogP contribution in [0.3, 0.4) is 0 Å². The SMILES string of the molecule is O=C(/C=C/c1ccc2c(c1)OCO2)NCCSc1c[nH]c2ccccc12. The van der Waals surface area contributed by atoms with E-state index in [9.17, 15) is 4.79 Å². The van der Waals surface area contributed by atoms with Crippen LogP contribution in [0.25, 0.3) is 17.0 Å². The first-order valence-corrected chi connectivity index (χ1v) is 9.33. The van der Waals surface area contributed by atoms with Crippen LogP contribution in [0, 0.1) is 0 Å². The van der Waals surface area contributed by atoms with E-state index in [4.69, 9.17) is 9.47 Å². The van der Waals surface area contributed by atoms with E-state index < -0.39 is 0 Å². The largest absolute Gasteiger partial charge is 0.454 e. The van der Waals surface area contributed by atoms with Crippen molar-refractivity contribution < 1.29 is 14.3 Å². The van der Waals surface area contributed by atoms with Gasteiger partial charge in [-0.2, -0.15) is 0 Å². The first-order valence-electron chi connectivity index (χ1n) is 8.34. The Kier molecular flexibility index (Phi) is 4.84. The van der Waals surface area contributed by atoms with Gasteiger partial charge < -0.3 is 19.8 Å². The Balaban J connectivity index is 1.25. The number of nitrogens with one attached hydrogen (secondary N) is 2. The number of thioether (sulfide) groups is 1. The topological polar surface area (TPSA) is 63.4 Å². The zero-order chi connectivity index (χ0) is 17.8. The molecule has 5 nitrogen and oxygen atoms in total. The van der Waals surface area contributed by atoms with E-state index in [1.807, 2.05) is 36.5 Å². The van der Waals surface area contributed by atoms with Gasteiger partial charge in [-0.15, -0.1) is 11.8 Å². The molecular weight excluding hydrogens is 348 g/mol. The van der Waals surface area contributed by atoms with Gasteiger partial charge >= 0.3 is 0 Å². The number of rotatable bonds is 6. The maximum atomic E-state index is 12.0. The minimum Gasteiger partial charge on any atom is -0.454 e. The van der Waals surface area contributed by atoms with Crippen molar-refractivity contribution in [1.82, 2.24) is 10.3 Å². The molecule has 6 heteroatoms. The Bertz CT molecular complexity index is 965. The summed E-state index contributed by atoms with van der Waals surface area (Å²) >= 11 is 1.73. The zero-order valence-electron chi connectivity index (χ0n) is 14.0. The second-order valence-corrected chi connectivity index (χ2v) is 6.92. The van der Waals surface area contributed by atoms with Gasteiger partial charge in [0.2, 0.25) is 12.7 Å². The Morgan fingerprint density at radius 1 is 1.19 bits per heavy atom. The molecule has 0 atom stereocenters. The van der Waals surface area contributed by atoms with Gasteiger partial charge in [0, 0.05) is 40.4 Å². The normalized spacial score (nSPS) is 12.8. The zero-order valence-corrected chi connectivity index (χ0v) is 14.8. The molecule has 0 fully saturated rings. The third kappa shape index (κ3) is 3.70. The molecule has 132 valence electrons. The van der Waals surface area contributed by atoms with Gasteiger partial charge in [-0.25, -0.2) is 0 Å². The van der Waals surface area contributed by atoms with E-state index in [-0.39, 0.29) is 12.7 Å². The number of benzene rings is 2. The van der Waals surface area contributed by atoms with Gasteiger partial charge in [0.1, 0.15) is 0 Å². The van der Waals surface area contributed by atoms with Gasteiger partial charge in [-0.3, -0.25) is 4.79 Å². The number of carbonyl (C=O) groups excluding carboxylic acids is 1. The summed E-state index contributed by atoms with van der Waals surface area (Å²) in [6.45, 7) is 0.853. The predicted octanol–water partition coefficient (Wildman–Crippen LogP) is 3.82. The Hall–Kier alpha value is -2.86. The molecule has 0 saturated heterocycles. The molecule has 1 amide bonds. The minimum atomic E-state index is -0.109. The summed E-state index contributed by atoms with van der Waals surface area (Å²) in [7, 11) is 0. The molecule has 0 radical (unpaired) electrons. The lowest BCUT2D eigenvalue weighted by molar-refractivity contribution is -0.116. The first-order chi connectivity index (χ1) is 12.8. The van der Waals surface area contributed by atoms with Gasteiger partial charge in [0.15, 0.2) is 11.5 Å². The monoisotopic (exact) mass is 366 g/mol. The molecule has 1 aromatic heterocycles. The van der Waals surface area contributed by atoms with E-state index in [1.165, 1.54) is 16.4 Å². The van der Waals surface area contributed by atoms with Crippen LogP contribution in [0.15, 0.2) is 59.6 Å². The summed E-state index contributed by atoms with van der Waals surface area (Å²) < 4.78 is 10.6. The third-order valence-corrected chi connectivity index (χ3v) is 5.09. The first kappa shape index (κ1) is 16.6. The summed E-state index contributed by atoms with van der Waals surface area (Å²) in [5, 5.41) is 4.12. The highest BCUT2D eigenvalue weighted by Crippen LogP contribution is 2.32. The average Bonchev–Trinajstić information content (AvgIpc) is 3.30. The average molecular weight is 366 g/mol. The molecule has 4 rings (SSSR count). The number of hydrogen-bond acceptors (Lipinski definition) is 4. The van der Waals surface area contributed by atoms with Crippen LogP contribution in [0.5, 0.6) is 11.5 Å². The summed E-state index contributed by atoms with van der Waals surface area (Å²) in [6.07, 6.45) is 5.31. The maximum absolute atomic E-state index is 12.0. The Labute approximate surface area is 155 Å². The predicted molar refractivity (Wildman–Crippen MR) is 104 cm³/mol. The van der Waals surface area contributed by atoms with Gasteiger partial charge in [-0.05, 0) is 29.8 Å². The summed E-state index contributed by atoms with van der Waals surface area (Å²) in [6, 6.07) is 13.8. The highest BCUT2D eigenvalue weighted by atomic mass is 32.2. The number of carbonyl (C=O) groups is 1. The minimum absolute atomic E-state index is 0.109. The van der Waals surface area contributed by atoms with Crippen LogP contribution in [0.1, 0.15) is 5.56 Å². The maximum Gasteiger partial charge on any atom is 0.244 e. The lowest BCUT2D eigenvalue weighted by Gasteiger charge is -2.02. The molecular formula is C20H18N2O3S. The second-order valence-electron chi connectivity index (χ2n) is 5.78. The van der Waals surface area contributed by atoms with Crippen molar-refractivity contribution in [2.24, 2.45) is 0 Å². The van der Waals surface area contributed by atoms with Crippen molar-refractivity contribution in [1.29, 1.82) is 0 Å². The molecule has 2 heterocycles. The Morgan fingerprint density at radius 2 is 2.08 bits per heavy atom. The van der Waals surface area contributed by atoms with Crippen molar-refractivity contribution in [2.45, 2.75) is 4.90 Å². The molecule has 2 aromatic carbocycles. The van der Waals surface area contributed by atoms with E-state index >= 15 is 0 Å². The molecule has 2 N–H and O–H groups in total. The molecule has 0 unspecified atom stereocenters. The third-order valence-electron chi connectivity index (χ3n) is 4.03. The van der Waals surface area contributed by atoms with E-state index in [1.54, 1.807) is 17.8 Å². The van der Waals surface area contributed by atoms with Crippen LogP contribution in [0.4, 0.5) is 0 Å². The number of aromatic amines is 1. The highest BCUT2D eigenvalue weighted by Gasteiger charge is 2.12. The number of para-hydroxylation sites is 1. The quantitative estimate of drug-likeness (QED) is 0.395. The van der Waals surface area contributed by atoms with Crippen LogP contribution in [-0.2, 0) is 4.79 Å². The number of aromatic nitrogens is 1. The molecule has 0 aliphatic carbocycles. The lowest BCUT2D eigenvalue weighted by Crippen LogP contribution is -2.23. The molecule has 26 heavy (non-hydrogen) atoms. The van der Waals surface area contributed by atoms with E-state index in [2.05, 4.69) is 22.4 Å². The summed E-state index contributed by atoms with van der Waals surface area (Å²) in [5.41, 5.74) is 2.03. The molecule has 1 aliphatic heterocycles. The summed E-state index contributed by atoms with van der Waals surface area (Å²) in [5.74, 6) is 2.15. The van der Waals surface area contributed by atoms with Gasteiger partial charge in [0.25, 0.3) is 0 Å². The van der Waals surface area contributed by atoms with Crippen LogP contribution in [0.2, 0.25) is 0 Å².